The molecule has 0 radical (unpaired) electrons. The molecule has 2 heterocycles. The highest BCUT2D eigenvalue weighted by molar-refractivity contribution is 7.80. The molecule has 1 aliphatic heterocycles. The van der Waals surface area contributed by atoms with Crippen molar-refractivity contribution in [1.29, 1.82) is 0 Å². The third-order valence-corrected chi connectivity index (χ3v) is 6.06. The second-order valence-electron chi connectivity index (χ2n) is 7.58. The zero-order valence-corrected chi connectivity index (χ0v) is 18.1. The molecule has 31 heavy (non-hydrogen) atoms. The Kier molecular flexibility index (Phi) is 4.37. The van der Waals surface area contributed by atoms with Gasteiger partial charge in [-0.2, -0.15) is 0 Å². The monoisotopic (exact) mass is 432 g/mol. The number of thiocarbonyl (C=S) groups is 1. The zero-order valence-electron chi connectivity index (χ0n) is 17.2. The van der Waals surface area contributed by atoms with E-state index in [2.05, 4.69) is 10.6 Å². The standard InChI is InChI=1S/C24H20N2O4S/c1-24(14-9-11-17(28-2)18(12-14)29-3)19-20(25-23(31)26-24)16-10-8-13-6-4-5-7-15(13)21(16)30-22(19)27/h4-12H,1-3H3,(H2,25,26,31). The van der Waals surface area contributed by atoms with E-state index in [1.54, 1.807) is 14.2 Å². The SMILES string of the molecule is COc1ccc(C2(C)NC(=S)Nc3c2c(=O)oc2c3ccc3ccccc32)cc1OC. The molecule has 1 aromatic heterocycles. The molecule has 7 heteroatoms. The van der Waals surface area contributed by atoms with Crippen LogP contribution in [0.3, 0.4) is 0 Å². The largest absolute Gasteiger partial charge is 0.493 e. The summed E-state index contributed by atoms with van der Waals surface area (Å²) in [6.07, 6.45) is 0. The van der Waals surface area contributed by atoms with Gasteiger partial charge < -0.3 is 24.5 Å². The Morgan fingerprint density at radius 1 is 0.968 bits per heavy atom. The molecule has 1 unspecified atom stereocenters. The van der Waals surface area contributed by atoms with Crippen molar-refractivity contribution < 1.29 is 13.9 Å². The maximum atomic E-state index is 13.3. The molecule has 1 atom stereocenters. The fourth-order valence-corrected chi connectivity index (χ4v) is 4.62. The maximum absolute atomic E-state index is 13.3. The van der Waals surface area contributed by atoms with E-state index in [9.17, 15) is 4.79 Å². The smallest absolute Gasteiger partial charge is 0.344 e. The van der Waals surface area contributed by atoms with Crippen LogP contribution in [0.5, 0.6) is 11.5 Å². The fraction of sp³-hybridized carbons (Fsp3) is 0.167. The minimum absolute atomic E-state index is 0.421. The van der Waals surface area contributed by atoms with Crippen molar-refractivity contribution in [2.75, 3.05) is 19.5 Å². The first-order valence-electron chi connectivity index (χ1n) is 9.77. The molecule has 4 aromatic rings. The van der Waals surface area contributed by atoms with E-state index in [-0.39, 0.29) is 0 Å². The van der Waals surface area contributed by atoms with Crippen molar-refractivity contribution in [3.8, 4) is 11.5 Å². The van der Waals surface area contributed by atoms with Crippen molar-refractivity contribution in [3.05, 3.63) is 76.1 Å². The Labute approximate surface area is 183 Å². The Hall–Kier alpha value is -3.58. The number of fused-ring (bicyclic) bond motifs is 5. The zero-order chi connectivity index (χ0) is 21.8. The number of nitrogens with one attached hydrogen (secondary N) is 2. The van der Waals surface area contributed by atoms with Crippen LogP contribution in [0.4, 0.5) is 5.69 Å². The van der Waals surface area contributed by atoms with Crippen LogP contribution in [0.15, 0.2) is 63.8 Å². The Morgan fingerprint density at radius 2 is 1.74 bits per heavy atom. The Bertz CT molecular complexity index is 1430. The minimum Gasteiger partial charge on any atom is -0.493 e. The third kappa shape index (κ3) is 2.84. The molecular weight excluding hydrogens is 412 g/mol. The van der Waals surface area contributed by atoms with Crippen LogP contribution in [-0.4, -0.2) is 19.3 Å². The second-order valence-corrected chi connectivity index (χ2v) is 7.99. The van der Waals surface area contributed by atoms with E-state index < -0.39 is 11.2 Å². The van der Waals surface area contributed by atoms with Crippen molar-refractivity contribution in [2.45, 2.75) is 12.5 Å². The number of hydrogen-bond acceptors (Lipinski definition) is 5. The van der Waals surface area contributed by atoms with E-state index >= 15 is 0 Å². The van der Waals surface area contributed by atoms with Gasteiger partial charge in [0.2, 0.25) is 0 Å². The fourth-order valence-electron chi connectivity index (χ4n) is 4.31. The summed E-state index contributed by atoms with van der Waals surface area (Å²) in [5.74, 6) is 1.16. The van der Waals surface area contributed by atoms with Crippen molar-refractivity contribution in [2.24, 2.45) is 0 Å². The van der Waals surface area contributed by atoms with Crippen LogP contribution in [0.1, 0.15) is 18.1 Å². The minimum atomic E-state index is -0.933. The van der Waals surface area contributed by atoms with Crippen LogP contribution >= 0.6 is 12.2 Å². The topological polar surface area (TPSA) is 72.7 Å². The number of benzene rings is 3. The molecule has 5 rings (SSSR count). The number of rotatable bonds is 3. The van der Waals surface area contributed by atoms with Gasteiger partial charge in [-0.25, -0.2) is 4.79 Å². The van der Waals surface area contributed by atoms with Gasteiger partial charge >= 0.3 is 5.63 Å². The number of methoxy groups -OCH3 is 2. The Balaban J connectivity index is 1.83. The highest BCUT2D eigenvalue weighted by Gasteiger charge is 2.40. The van der Waals surface area contributed by atoms with Crippen LogP contribution in [0.2, 0.25) is 0 Å². The molecule has 0 saturated heterocycles. The lowest BCUT2D eigenvalue weighted by Gasteiger charge is -2.38. The molecule has 6 nitrogen and oxygen atoms in total. The van der Waals surface area contributed by atoms with E-state index in [1.165, 1.54) is 0 Å². The van der Waals surface area contributed by atoms with Gasteiger partial charge in [0, 0.05) is 10.8 Å². The molecular formula is C24H20N2O4S. The summed E-state index contributed by atoms with van der Waals surface area (Å²) in [6, 6.07) is 17.3. The van der Waals surface area contributed by atoms with Crippen molar-refractivity contribution in [3.63, 3.8) is 0 Å². The summed E-state index contributed by atoms with van der Waals surface area (Å²) in [7, 11) is 3.16. The summed E-state index contributed by atoms with van der Waals surface area (Å²) in [4.78, 5) is 13.3. The Morgan fingerprint density at radius 3 is 2.52 bits per heavy atom. The number of ether oxygens (including phenoxy) is 2. The third-order valence-electron chi connectivity index (χ3n) is 5.86. The second kappa shape index (κ2) is 6.99. The summed E-state index contributed by atoms with van der Waals surface area (Å²) < 4.78 is 16.7. The molecule has 1 aliphatic rings. The maximum Gasteiger partial charge on any atom is 0.344 e. The lowest BCUT2D eigenvalue weighted by molar-refractivity contribution is 0.353. The van der Waals surface area contributed by atoms with Gasteiger partial charge in [0.25, 0.3) is 0 Å². The average molecular weight is 433 g/mol. The number of hydrogen-bond donors (Lipinski definition) is 2. The van der Waals surface area contributed by atoms with Crippen LogP contribution in [-0.2, 0) is 5.54 Å². The van der Waals surface area contributed by atoms with Crippen LogP contribution < -0.4 is 25.7 Å². The predicted octanol–water partition coefficient (Wildman–Crippen LogP) is 4.53. The first kappa shape index (κ1) is 19.4. The molecule has 0 saturated carbocycles. The normalized spacial score (nSPS) is 17.7. The molecule has 0 spiro atoms. The molecule has 0 fully saturated rings. The molecule has 2 N–H and O–H groups in total. The summed E-state index contributed by atoms with van der Waals surface area (Å²) in [5.41, 5.74) is 1.07. The average Bonchev–Trinajstić information content (AvgIpc) is 2.78. The van der Waals surface area contributed by atoms with Gasteiger partial charge in [-0.15, -0.1) is 0 Å². The first-order valence-corrected chi connectivity index (χ1v) is 10.2. The van der Waals surface area contributed by atoms with Crippen molar-refractivity contribution >= 4 is 44.8 Å². The molecule has 156 valence electrons. The van der Waals surface area contributed by atoms with Gasteiger partial charge in [-0.3, -0.25) is 0 Å². The van der Waals surface area contributed by atoms with Gasteiger partial charge in [-0.1, -0.05) is 36.4 Å². The quantitative estimate of drug-likeness (QED) is 0.280. The first-order chi connectivity index (χ1) is 15.0. The molecule has 0 amide bonds. The van der Waals surface area contributed by atoms with Crippen molar-refractivity contribution in [1.82, 2.24) is 5.32 Å². The van der Waals surface area contributed by atoms with Gasteiger partial charge in [0.1, 0.15) is 5.58 Å². The summed E-state index contributed by atoms with van der Waals surface area (Å²) >= 11 is 5.53. The van der Waals surface area contributed by atoms with E-state index in [0.717, 1.165) is 21.7 Å². The highest BCUT2D eigenvalue weighted by atomic mass is 32.1. The highest BCUT2D eigenvalue weighted by Crippen LogP contribution is 2.42. The van der Waals surface area contributed by atoms with Crippen LogP contribution in [0.25, 0.3) is 21.7 Å². The summed E-state index contributed by atoms with van der Waals surface area (Å²) in [5, 5.41) is 9.54. The van der Waals surface area contributed by atoms with Crippen LogP contribution in [0, 0.1) is 0 Å². The van der Waals surface area contributed by atoms with Gasteiger partial charge in [0.05, 0.1) is 31.0 Å². The summed E-state index contributed by atoms with van der Waals surface area (Å²) in [6.45, 7) is 1.91. The van der Waals surface area contributed by atoms with E-state index in [0.29, 0.717) is 33.4 Å². The predicted molar refractivity (Wildman–Crippen MR) is 125 cm³/mol. The number of anilines is 1. The van der Waals surface area contributed by atoms with Gasteiger partial charge in [-0.05, 0) is 48.3 Å². The van der Waals surface area contributed by atoms with Gasteiger partial charge in [0.15, 0.2) is 16.6 Å². The van der Waals surface area contributed by atoms with E-state index in [4.69, 9.17) is 26.1 Å². The molecule has 0 aliphatic carbocycles. The molecule has 3 aromatic carbocycles. The van der Waals surface area contributed by atoms with E-state index in [1.807, 2.05) is 61.5 Å². The lowest BCUT2D eigenvalue weighted by Crippen LogP contribution is -2.52. The lowest BCUT2D eigenvalue weighted by atomic mass is 9.82. The molecule has 0 bridgehead atoms.